The van der Waals surface area contributed by atoms with E-state index in [1.807, 2.05) is 23.1 Å². The highest BCUT2D eigenvalue weighted by Gasteiger charge is 2.21. The van der Waals surface area contributed by atoms with Crippen molar-refractivity contribution in [3.63, 3.8) is 0 Å². The maximum atomic E-state index is 12.4. The number of anilines is 1. The summed E-state index contributed by atoms with van der Waals surface area (Å²) in [4.78, 5) is 31.2. The molecule has 0 radical (unpaired) electrons. The maximum absolute atomic E-state index is 12.4. The summed E-state index contributed by atoms with van der Waals surface area (Å²) in [6.45, 7) is 1.78. The number of hydrogen-bond acceptors (Lipinski definition) is 5. The average molecular weight is 404 g/mol. The lowest BCUT2D eigenvalue weighted by atomic mass is 9.88. The number of amides is 2. The predicted molar refractivity (Wildman–Crippen MR) is 111 cm³/mol. The minimum absolute atomic E-state index is 0.143. The van der Waals surface area contributed by atoms with Gasteiger partial charge in [0.15, 0.2) is 4.34 Å². The standard InChI is InChI=1S/C20H25N3O2S2/c24-18(23-10-4-5-11-23)13-26-20-22-16-9-8-15(12-17(16)27-20)21-19(25)14-6-2-1-3-7-14/h8-9,12,14H,1-7,10-11,13H2,(H,21,25). The normalized spacial score (nSPS) is 18.1. The largest absolute Gasteiger partial charge is 0.342 e. The van der Waals surface area contributed by atoms with Crippen LogP contribution in [0.15, 0.2) is 22.5 Å². The molecule has 0 atom stereocenters. The summed E-state index contributed by atoms with van der Waals surface area (Å²) in [6, 6.07) is 5.88. The van der Waals surface area contributed by atoms with E-state index in [2.05, 4.69) is 10.3 Å². The topological polar surface area (TPSA) is 62.3 Å². The van der Waals surface area contributed by atoms with Crippen LogP contribution < -0.4 is 5.32 Å². The number of carbonyl (C=O) groups excluding carboxylic acids is 2. The molecule has 27 heavy (non-hydrogen) atoms. The van der Waals surface area contributed by atoms with E-state index >= 15 is 0 Å². The highest BCUT2D eigenvalue weighted by Crippen LogP contribution is 2.32. The molecule has 5 nitrogen and oxygen atoms in total. The number of aromatic nitrogens is 1. The van der Waals surface area contributed by atoms with Crippen LogP contribution in [0.4, 0.5) is 5.69 Å². The fourth-order valence-electron chi connectivity index (χ4n) is 3.83. The second kappa shape index (κ2) is 8.61. The van der Waals surface area contributed by atoms with Crippen LogP contribution in [0.5, 0.6) is 0 Å². The molecule has 2 amide bonds. The van der Waals surface area contributed by atoms with Gasteiger partial charge in [0.05, 0.1) is 16.0 Å². The van der Waals surface area contributed by atoms with Gasteiger partial charge in [-0.05, 0) is 43.9 Å². The lowest BCUT2D eigenvalue weighted by molar-refractivity contribution is -0.127. The summed E-state index contributed by atoms with van der Waals surface area (Å²) in [5.74, 6) is 0.950. The summed E-state index contributed by atoms with van der Waals surface area (Å²) in [5, 5.41) is 3.07. The number of benzene rings is 1. The SMILES string of the molecule is O=C(Nc1ccc2nc(SCC(=O)N3CCCC3)sc2c1)C1CCCCC1. The van der Waals surface area contributed by atoms with Gasteiger partial charge in [-0.15, -0.1) is 11.3 Å². The number of nitrogens with zero attached hydrogens (tertiary/aromatic N) is 2. The molecular weight excluding hydrogens is 378 g/mol. The molecule has 2 fully saturated rings. The van der Waals surface area contributed by atoms with Crippen LogP contribution in [0, 0.1) is 5.92 Å². The van der Waals surface area contributed by atoms with Gasteiger partial charge in [-0.3, -0.25) is 9.59 Å². The van der Waals surface area contributed by atoms with E-state index in [-0.39, 0.29) is 17.7 Å². The molecule has 2 aromatic rings. The highest BCUT2D eigenvalue weighted by molar-refractivity contribution is 8.01. The van der Waals surface area contributed by atoms with Crippen molar-refractivity contribution in [1.82, 2.24) is 9.88 Å². The Morgan fingerprint density at radius 1 is 1.15 bits per heavy atom. The Morgan fingerprint density at radius 3 is 2.70 bits per heavy atom. The zero-order valence-corrected chi connectivity index (χ0v) is 17.0. The van der Waals surface area contributed by atoms with E-state index in [4.69, 9.17) is 0 Å². The minimum atomic E-state index is 0.143. The zero-order valence-electron chi connectivity index (χ0n) is 15.4. The Hall–Kier alpha value is -1.60. The Morgan fingerprint density at radius 2 is 1.93 bits per heavy atom. The molecule has 7 heteroatoms. The first kappa shape index (κ1) is 18.7. The van der Waals surface area contributed by atoms with Gasteiger partial charge in [0.1, 0.15) is 0 Å². The molecule has 2 aliphatic rings. The monoisotopic (exact) mass is 403 g/mol. The van der Waals surface area contributed by atoms with Crippen molar-refractivity contribution in [2.75, 3.05) is 24.2 Å². The molecule has 2 heterocycles. The van der Waals surface area contributed by atoms with Crippen LogP contribution in [0.1, 0.15) is 44.9 Å². The number of thioether (sulfide) groups is 1. The van der Waals surface area contributed by atoms with Crippen LogP contribution in [-0.2, 0) is 9.59 Å². The van der Waals surface area contributed by atoms with Crippen molar-refractivity contribution in [3.8, 4) is 0 Å². The van der Waals surface area contributed by atoms with Gasteiger partial charge in [0, 0.05) is 24.7 Å². The summed E-state index contributed by atoms with van der Waals surface area (Å²) < 4.78 is 1.96. The Bertz CT molecular complexity index is 824. The quantitative estimate of drug-likeness (QED) is 0.745. The van der Waals surface area contributed by atoms with E-state index in [9.17, 15) is 9.59 Å². The smallest absolute Gasteiger partial charge is 0.233 e. The van der Waals surface area contributed by atoms with E-state index < -0.39 is 0 Å². The fraction of sp³-hybridized carbons (Fsp3) is 0.550. The van der Waals surface area contributed by atoms with Gasteiger partial charge in [-0.2, -0.15) is 0 Å². The average Bonchev–Trinajstić information content (AvgIpc) is 3.36. The summed E-state index contributed by atoms with van der Waals surface area (Å²) in [5.41, 5.74) is 1.76. The lowest BCUT2D eigenvalue weighted by Gasteiger charge is -2.20. The third-order valence-electron chi connectivity index (χ3n) is 5.39. The molecule has 1 saturated heterocycles. The van der Waals surface area contributed by atoms with Gasteiger partial charge >= 0.3 is 0 Å². The van der Waals surface area contributed by atoms with Crippen molar-refractivity contribution in [2.24, 2.45) is 5.92 Å². The third kappa shape index (κ3) is 4.63. The van der Waals surface area contributed by atoms with Crippen molar-refractivity contribution in [3.05, 3.63) is 18.2 Å². The third-order valence-corrected chi connectivity index (χ3v) is 7.54. The number of rotatable bonds is 5. The first-order chi connectivity index (χ1) is 13.2. The number of thiazole rings is 1. The number of hydrogen-bond donors (Lipinski definition) is 1. The fourth-order valence-corrected chi connectivity index (χ4v) is 5.84. The summed E-state index contributed by atoms with van der Waals surface area (Å²) >= 11 is 3.10. The number of likely N-dealkylation sites (tertiary alicyclic amines) is 1. The molecule has 1 N–H and O–H groups in total. The van der Waals surface area contributed by atoms with Crippen molar-refractivity contribution in [1.29, 1.82) is 0 Å². The Balaban J connectivity index is 1.37. The maximum Gasteiger partial charge on any atom is 0.233 e. The van der Waals surface area contributed by atoms with Gasteiger partial charge in [0.2, 0.25) is 11.8 Å². The number of nitrogens with one attached hydrogen (secondary N) is 1. The van der Waals surface area contributed by atoms with Gasteiger partial charge in [-0.1, -0.05) is 31.0 Å². The minimum Gasteiger partial charge on any atom is -0.342 e. The molecule has 1 aliphatic heterocycles. The Kier molecular flexibility index (Phi) is 5.98. The lowest BCUT2D eigenvalue weighted by Crippen LogP contribution is -2.29. The molecule has 1 aromatic carbocycles. The molecule has 144 valence electrons. The van der Waals surface area contributed by atoms with Crippen LogP contribution in [-0.4, -0.2) is 40.5 Å². The second-order valence-electron chi connectivity index (χ2n) is 7.36. The first-order valence-electron chi connectivity index (χ1n) is 9.81. The first-order valence-corrected chi connectivity index (χ1v) is 11.6. The van der Waals surface area contributed by atoms with Crippen LogP contribution in [0.25, 0.3) is 10.2 Å². The van der Waals surface area contributed by atoms with Crippen molar-refractivity contribution < 1.29 is 9.59 Å². The predicted octanol–water partition coefficient (Wildman–Crippen LogP) is 4.53. The molecule has 1 saturated carbocycles. The van der Waals surface area contributed by atoms with Gasteiger partial charge in [-0.25, -0.2) is 4.98 Å². The molecule has 0 bridgehead atoms. The van der Waals surface area contributed by atoms with E-state index in [1.165, 1.54) is 18.2 Å². The van der Waals surface area contributed by atoms with E-state index in [0.29, 0.717) is 5.75 Å². The Labute approximate surface area is 167 Å². The summed E-state index contributed by atoms with van der Waals surface area (Å²) in [6.07, 6.45) is 7.80. The van der Waals surface area contributed by atoms with Crippen LogP contribution in [0.3, 0.4) is 0 Å². The van der Waals surface area contributed by atoms with Gasteiger partial charge in [0.25, 0.3) is 0 Å². The summed E-state index contributed by atoms with van der Waals surface area (Å²) in [7, 11) is 0. The molecule has 4 rings (SSSR count). The highest BCUT2D eigenvalue weighted by atomic mass is 32.2. The molecular formula is C20H25N3O2S2. The molecule has 0 spiro atoms. The van der Waals surface area contributed by atoms with Gasteiger partial charge < -0.3 is 10.2 Å². The van der Waals surface area contributed by atoms with Crippen molar-refractivity contribution in [2.45, 2.75) is 49.3 Å². The van der Waals surface area contributed by atoms with Crippen molar-refractivity contribution >= 4 is 50.8 Å². The van der Waals surface area contributed by atoms with E-state index in [1.54, 1.807) is 11.3 Å². The second-order valence-corrected chi connectivity index (χ2v) is 9.62. The molecule has 0 unspecified atom stereocenters. The number of carbonyl (C=O) groups is 2. The number of fused-ring (bicyclic) bond motifs is 1. The zero-order chi connectivity index (χ0) is 18.6. The van der Waals surface area contributed by atoms with Crippen LogP contribution in [0.2, 0.25) is 0 Å². The van der Waals surface area contributed by atoms with E-state index in [0.717, 1.165) is 71.9 Å². The molecule has 1 aliphatic carbocycles. The molecule has 1 aromatic heterocycles. The van der Waals surface area contributed by atoms with Crippen LogP contribution >= 0.6 is 23.1 Å².